The zero-order chi connectivity index (χ0) is 19.2. The first-order chi connectivity index (χ1) is 12.2. The predicted octanol–water partition coefficient (Wildman–Crippen LogP) is 3.85. The summed E-state index contributed by atoms with van der Waals surface area (Å²) >= 11 is 5.88. The van der Waals surface area contributed by atoms with Gasteiger partial charge in [0.25, 0.3) is 5.69 Å². The minimum Gasteiger partial charge on any atom is -0.303 e. The number of nitrogens with zero attached hydrogens (tertiary/aromatic N) is 3. The number of nitro benzene ring substituents is 1. The molecule has 1 unspecified atom stereocenters. The molecule has 2 aromatic rings. The fourth-order valence-corrected chi connectivity index (χ4v) is 3.42. The number of nitriles is 1. The van der Waals surface area contributed by atoms with Crippen LogP contribution in [-0.4, -0.2) is 29.4 Å². The fraction of sp³-hybridized carbons (Fsp3) is 0.250. The van der Waals surface area contributed by atoms with Gasteiger partial charge in [0.15, 0.2) is 0 Å². The third-order valence-corrected chi connectivity index (χ3v) is 4.61. The molecular weight excluding hydrogens is 375 g/mol. The minimum absolute atomic E-state index is 0.0679. The Kier molecular flexibility index (Phi) is 4.24. The molecule has 1 atom stereocenters. The van der Waals surface area contributed by atoms with Crippen molar-refractivity contribution >= 4 is 39.7 Å². The molecule has 0 N–H and O–H groups in total. The first-order valence-corrected chi connectivity index (χ1v) is 7.82. The minimum atomic E-state index is -5.12. The molecule has 0 saturated heterocycles. The molecule has 0 aliphatic carbocycles. The summed E-state index contributed by atoms with van der Waals surface area (Å²) in [6.07, 6.45) is -5.12. The van der Waals surface area contributed by atoms with Gasteiger partial charge in [-0.05, 0) is 23.1 Å². The molecule has 1 aliphatic heterocycles. The number of alkyl halides is 4. The van der Waals surface area contributed by atoms with Gasteiger partial charge in [-0.15, -0.1) is 11.6 Å². The van der Waals surface area contributed by atoms with Crippen molar-refractivity contribution < 1.29 is 22.9 Å². The molecule has 1 amide bonds. The highest BCUT2D eigenvalue weighted by atomic mass is 35.5. The molecule has 0 spiro atoms. The molecule has 134 valence electrons. The summed E-state index contributed by atoms with van der Waals surface area (Å²) in [5, 5.41) is 20.8. The average molecular weight is 384 g/mol. The molecule has 0 bridgehead atoms. The molecule has 1 aliphatic rings. The average Bonchev–Trinajstić information content (AvgIpc) is 2.97. The summed E-state index contributed by atoms with van der Waals surface area (Å²) in [6, 6.07) is 6.94. The van der Waals surface area contributed by atoms with Crippen molar-refractivity contribution in [1.82, 2.24) is 0 Å². The summed E-state index contributed by atoms with van der Waals surface area (Å²) < 4.78 is 38.7. The molecule has 0 radical (unpaired) electrons. The van der Waals surface area contributed by atoms with Gasteiger partial charge in [0.05, 0.1) is 27.6 Å². The van der Waals surface area contributed by atoms with Gasteiger partial charge in [-0.2, -0.15) is 18.4 Å². The molecule has 0 fully saturated rings. The van der Waals surface area contributed by atoms with Crippen molar-refractivity contribution in [3.63, 3.8) is 0 Å². The van der Waals surface area contributed by atoms with Crippen LogP contribution in [0.15, 0.2) is 24.3 Å². The Morgan fingerprint density at radius 3 is 2.62 bits per heavy atom. The van der Waals surface area contributed by atoms with Crippen molar-refractivity contribution in [1.29, 1.82) is 5.26 Å². The molecule has 2 aromatic carbocycles. The van der Waals surface area contributed by atoms with E-state index in [0.717, 1.165) is 6.07 Å². The van der Waals surface area contributed by atoms with Crippen molar-refractivity contribution in [3.8, 4) is 6.07 Å². The number of amides is 1. The maximum absolute atomic E-state index is 12.9. The number of halogens is 4. The highest BCUT2D eigenvalue weighted by Gasteiger charge is 2.47. The normalized spacial score (nSPS) is 16.4. The van der Waals surface area contributed by atoms with Gasteiger partial charge in [-0.1, -0.05) is 6.07 Å². The smallest absolute Gasteiger partial charge is 0.303 e. The summed E-state index contributed by atoms with van der Waals surface area (Å²) in [4.78, 5) is 22.9. The Bertz CT molecular complexity index is 985. The summed E-state index contributed by atoms with van der Waals surface area (Å²) in [5.74, 6) is -2.79. The monoisotopic (exact) mass is 383 g/mol. The quantitative estimate of drug-likeness (QED) is 0.447. The molecular formula is C16H9ClF3N3O3. The number of nitro groups is 1. The highest BCUT2D eigenvalue weighted by Crippen LogP contribution is 2.46. The Hall–Kier alpha value is -2.86. The van der Waals surface area contributed by atoms with Crippen LogP contribution in [0.1, 0.15) is 17.0 Å². The summed E-state index contributed by atoms with van der Waals surface area (Å²) in [5.41, 5.74) is -0.153. The third kappa shape index (κ3) is 2.72. The summed E-state index contributed by atoms with van der Waals surface area (Å²) in [6.45, 7) is -0.326. The fourth-order valence-electron chi connectivity index (χ4n) is 3.17. The predicted molar refractivity (Wildman–Crippen MR) is 87.2 cm³/mol. The van der Waals surface area contributed by atoms with Gasteiger partial charge in [0.1, 0.15) is 0 Å². The van der Waals surface area contributed by atoms with Crippen LogP contribution < -0.4 is 4.90 Å². The third-order valence-electron chi connectivity index (χ3n) is 4.24. The molecule has 6 nitrogen and oxygen atoms in total. The zero-order valence-corrected chi connectivity index (χ0v) is 13.6. The molecule has 26 heavy (non-hydrogen) atoms. The molecule has 0 saturated carbocycles. The maximum atomic E-state index is 12.9. The highest BCUT2D eigenvalue weighted by molar-refractivity contribution is 6.19. The van der Waals surface area contributed by atoms with Gasteiger partial charge < -0.3 is 4.90 Å². The lowest BCUT2D eigenvalue weighted by atomic mass is 9.94. The number of rotatable bonds is 2. The van der Waals surface area contributed by atoms with E-state index in [2.05, 4.69) is 0 Å². The second kappa shape index (κ2) is 6.14. The lowest BCUT2D eigenvalue weighted by Crippen LogP contribution is -2.40. The van der Waals surface area contributed by atoms with E-state index in [9.17, 15) is 28.1 Å². The van der Waals surface area contributed by atoms with Crippen molar-refractivity contribution in [3.05, 3.63) is 45.5 Å². The number of carbonyl (C=O) groups excluding carboxylic acids is 1. The Morgan fingerprint density at radius 1 is 1.38 bits per heavy atom. The second-order valence-corrected chi connectivity index (χ2v) is 6.03. The number of non-ortho nitro benzene ring substituents is 1. The Balaban J connectivity index is 2.35. The topological polar surface area (TPSA) is 87.2 Å². The van der Waals surface area contributed by atoms with Crippen LogP contribution in [0.3, 0.4) is 0 Å². The van der Waals surface area contributed by atoms with Crippen molar-refractivity contribution in [2.45, 2.75) is 12.1 Å². The first kappa shape index (κ1) is 17.9. The molecule has 3 rings (SSSR count). The van der Waals surface area contributed by atoms with Gasteiger partial charge in [-0.3, -0.25) is 14.9 Å². The van der Waals surface area contributed by atoms with Crippen LogP contribution in [-0.2, 0) is 4.79 Å². The largest absolute Gasteiger partial charge is 0.471 e. The number of anilines is 1. The van der Waals surface area contributed by atoms with E-state index in [1.165, 1.54) is 18.2 Å². The van der Waals surface area contributed by atoms with E-state index in [-0.39, 0.29) is 29.1 Å². The lowest BCUT2D eigenvalue weighted by Gasteiger charge is -2.19. The maximum Gasteiger partial charge on any atom is 0.471 e. The van der Waals surface area contributed by atoms with Gasteiger partial charge in [0, 0.05) is 24.4 Å². The van der Waals surface area contributed by atoms with Gasteiger partial charge in [-0.25, -0.2) is 0 Å². The number of benzene rings is 2. The first-order valence-electron chi connectivity index (χ1n) is 7.28. The number of carbonyl (C=O) groups is 1. The van der Waals surface area contributed by atoms with Gasteiger partial charge in [0.2, 0.25) is 0 Å². The van der Waals surface area contributed by atoms with E-state index in [1.54, 1.807) is 0 Å². The Morgan fingerprint density at radius 2 is 2.08 bits per heavy atom. The lowest BCUT2D eigenvalue weighted by molar-refractivity contribution is -0.383. The number of fused-ring (bicyclic) bond motifs is 3. The van der Waals surface area contributed by atoms with Crippen molar-refractivity contribution in [2.75, 3.05) is 17.3 Å². The standard InChI is InChI=1S/C16H9ClF3N3O3/c17-5-9-7-22(15(24)16(18,19)20)13-4-12(23(25)26)11-3-8(6-21)1-2-10(11)14(9)13/h1-4,9H,5,7H2. The second-order valence-electron chi connectivity index (χ2n) is 5.72. The van der Waals surface area contributed by atoms with Crippen LogP contribution in [0.25, 0.3) is 10.8 Å². The van der Waals surface area contributed by atoms with Crippen LogP contribution in [0.4, 0.5) is 24.5 Å². The number of hydrogen-bond donors (Lipinski definition) is 0. The van der Waals surface area contributed by atoms with E-state index in [4.69, 9.17) is 16.9 Å². The molecule has 0 aromatic heterocycles. The van der Waals surface area contributed by atoms with Crippen LogP contribution >= 0.6 is 11.6 Å². The van der Waals surface area contributed by atoms with Crippen LogP contribution in [0.2, 0.25) is 0 Å². The van der Waals surface area contributed by atoms with Crippen LogP contribution in [0.5, 0.6) is 0 Å². The van der Waals surface area contributed by atoms with E-state index in [1.807, 2.05) is 6.07 Å². The van der Waals surface area contributed by atoms with Crippen molar-refractivity contribution in [2.24, 2.45) is 0 Å². The Labute approximate surface area is 149 Å². The van der Waals surface area contributed by atoms with E-state index in [0.29, 0.717) is 15.8 Å². The van der Waals surface area contributed by atoms with Gasteiger partial charge >= 0.3 is 12.1 Å². The SMILES string of the molecule is N#Cc1ccc2c3c(cc([N+](=O)[O-])c2c1)N(C(=O)C(F)(F)F)CC3CCl. The zero-order valence-electron chi connectivity index (χ0n) is 12.9. The number of hydrogen-bond acceptors (Lipinski definition) is 4. The van der Waals surface area contributed by atoms with E-state index >= 15 is 0 Å². The summed E-state index contributed by atoms with van der Waals surface area (Å²) in [7, 11) is 0. The van der Waals surface area contributed by atoms with E-state index < -0.39 is 28.6 Å². The molecule has 10 heteroatoms. The van der Waals surface area contributed by atoms with Crippen LogP contribution in [0, 0.1) is 21.4 Å². The molecule has 1 heterocycles.